The Bertz CT molecular complexity index is 895. The number of hydrogen-bond acceptors (Lipinski definition) is 4. The largest absolute Gasteiger partial charge is 0.350 e. The zero-order valence-electron chi connectivity index (χ0n) is 19.4. The van der Waals surface area contributed by atoms with Crippen LogP contribution in [0.2, 0.25) is 0 Å². The summed E-state index contributed by atoms with van der Waals surface area (Å²) < 4.78 is 27.5. The van der Waals surface area contributed by atoms with Crippen molar-refractivity contribution in [1.82, 2.24) is 19.8 Å². The number of urea groups is 1. The van der Waals surface area contributed by atoms with Crippen LogP contribution in [0.25, 0.3) is 0 Å². The van der Waals surface area contributed by atoms with Crippen LogP contribution < -0.4 is 10.6 Å². The van der Waals surface area contributed by atoms with Crippen LogP contribution in [0.3, 0.4) is 0 Å². The number of hydrogen-bond donors (Lipinski definition) is 2. The van der Waals surface area contributed by atoms with Gasteiger partial charge in [-0.1, -0.05) is 31.4 Å². The summed E-state index contributed by atoms with van der Waals surface area (Å²) in [7, 11) is -3.59. The second-order valence-corrected chi connectivity index (χ2v) is 11.7. The van der Waals surface area contributed by atoms with Gasteiger partial charge in [0.15, 0.2) is 0 Å². The van der Waals surface area contributed by atoms with E-state index in [9.17, 15) is 18.0 Å². The van der Waals surface area contributed by atoms with E-state index in [1.165, 1.54) is 42.0 Å². The van der Waals surface area contributed by atoms with Crippen molar-refractivity contribution >= 4 is 22.0 Å². The van der Waals surface area contributed by atoms with Crippen LogP contribution in [0.15, 0.2) is 29.2 Å². The van der Waals surface area contributed by atoms with Crippen molar-refractivity contribution in [3.05, 3.63) is 29.8 Å². The molecule has 0 radical (unpaired) electrons. The van der Waals surface area contributed by atoms with Gasteiger partial charge in [0.1, 0.15) is 0 Å². The highest BCUT2D eigenvalue weighted by atomic mass is 32.2. The lowest BCUT2D eigenvalue weighted by atomic mass is 9.84. The molecule has 2 N–H and O–H groups in total. The summed E-state index contributed by atoms with van der Waals surface area (Å²) in [6.45, 7) is 6.53. The Labute approximate surface area is 191 Å². The van der Waals surface area contributed by atoms with Crippen molar-refractivity contribution in [2.45, 2.75) is 69.2 Å². The number of piperazine rings is 1. The van der Waals surface area contributed by atoms with Gasteiger partial charge in [-0.15, -0.1) is 0 Å². The maximum absolute atomic E-state index is 13.1. The van der Waals surface area contributed by atoms with Crippen molar-refractivity contribution in [3.8, 4) is 0 Å². The average Bonchev–Trinajstić information content (AvgIpc) is 2.77. The molecule has 1 aliphatic carbocycles. The molecule has 0 spiro atoms. The highest BCUT2D eigenvalue weighted by molar-refractivity contribution is 7.89. The topological polar surface area (TPSA) is 98.8 Å². The first-order chi connectivity index (χ1) is 15.1. The van der Waals surface area contributed by atoms with Gasteiger partial charge in [0.2, 0.25) is 15.9 Å². The Balaban J connectivity index is 1.51. The average molecular weight is 465 g/mol. The van der Waals surface area contributed by atoms with Crippen LogP contribution in [0.5, 0.6) is 0 Å². The molecule has 2 fully saturated rings. The molecule has 1 aromatic rings. The fourth-order valence-corrected chi connectivity index (χ4v) is 5.78. The van der Waals surface area contributed by atoms with E-state index < -0.39 is 10.0 Å². The molecule has 32 heavy (non-hydrogen) atoms. The van der Waals surface area contributed by atoms with Crippen LogP contribution in [0.4, 0.5) is 4.79 Å². The van der Waals surface area contributed by atoms with Gasteiger partial charge in [0, 0.05) is 31.7 Å². The van der Waals surface area contributed by atoms with Gasteiger partial charge in [-0.2, -0.15) is 4.31 Å². The highest BCUT2D eigenvalue weighted by Crippen LogP contribution is 2.33. The normalized spacial score (nSPS) is 18.9. The Hall–Kier alpha value is -2.13. The number of nitrogens with zero attached hydrogens (tertiary/aromatic N) is 2. The first kappa shape index (κ1) is 24.5. The minimum atomic E-state index is -3.59. The molecule has 0 unspecified atom stereocenters. The number of carbonyl (C=O) groups excluding carboxylic acids is 2. The molecule has 1 aromatic carbocycles. The van der Waals surface area contributed by atoms with Gasteiger partial charge in [-0.25, -0.2) is 13.2 Å². The molecule has 1 aliphatic heterocycles. The summed E-state index contributed by atoms with van der Waals surface area (Å²) in [5.74, 6) is 0.275. The first-order valence-corrected chi connectivity index (χ1v) is 12.9. The lowest BCUT2D eigenvalue weighted by Gasteiger charge is -2.34. The SMILES string of the molecule is CC(C)(C)NC(=O)CNC(=O)N1CCN(S(=O)(=O)c2ccc(C3CCCCC3)cc2)CC1. The summed E-state index contributed by atoms with van der Waals surface area (Å²) >= 11 is 0. The van der Waals surface area contributed by atoms with E-state index in [1.807, 2.05) is 32.9 Å². The molecule has 1 saturated heterocycles. The fraction of sp³-hybridized carbons (Fsp3) is 0.652. The minimum absolute atomic E-state index is 0.109. The second-order valence-electron chi connectivity index (χ2n) is 9.75. The summed E-state index contributed by atoms with van der Waals surface area (Å²) in [6, 6.07) is 6.98. The molecule has 2 aliphatic rings. The summed E-state index contributed by atoms with van der Waals surface area (Å²) in [5, 5.41) is 5.39. The Morgan fingerprint density at radius 2 is 1.56 bits per heavy atom. The van der Waals surface area contributed by atoms with E-state index in [0.717, 1.165) is 0 Å². The second kappa shape index (κ2) is 10.2. The molecule has 0 bridgehead atoms. The zero-order valence-corrected chi connectivity index (χ0v) is 20.2. The third-order valence-electron chi connectivity index (χ3n) is 6.03. The third kappa shape index (κ3) is 6.45. The molecule has 3 rings (SSSR count). The molecule has 9 heteroatoms. The number of nitrogens with one attached hydrogen (secondary N) is 2. The maximum Gasteiger partial charge on any atom is 0.317 e. The Morgan fingerprint density at radius 3 is 2.12 bits per heavy atom. The van der Waals surface area contributed by atoms with E-state index in [2.05, 4.69) is 10.6 Å². The predicted octanol–water partition coefficient (Wildman–Crippen LogP) is 2.66. The molecular formula is C23H36N4O4S. The quantitative estimate of drug-likeness (QED) is 0.700. The molecule has 0 aromatic heterocycles. The van der Waals surface area contributed by atoms with Gasteiger partial charge in [0.25, 0.3) is 0 Å². The standard InChI is InChI=1S/C23H36N4O4S/c1-23(2,3)25-21(28)17-24-22(29)26-13-15-27(16-14-26)32(30,31)20-11-9-19(10-12-20)18-7-5-4-6-8-18/h9-12,18H,4-8,13-17H2,1-3H3,(H,24,29)(H,25,28). The fourth-order valence-electron chi connectivity index (χ4n) is 4.36. The number of rotatable bonds is 5. The molecular weight excluding hydrogens is 428 g/mol. The third-order valence-corrected chi connectivity index (χ3v) is 7.95. The van der Waals surface area contributed by atoms with Gasteiger partial charge in [-0.05, 0) is 57.2 Å². The van der Waals surface area contributed by atoms with E-state index in [-0.39, 0.29) is 50.2 Å². The van der Waals surface area contributed by atoms with Crippen LogP contribution in [-0.2, 0) is 14.8 Å². The van der Waals surface area contributed by atoms with Gasteiger partial charge >= 0.3 is 6.03 Å². The van der Waals surface area contributed by atoms with Crippen molar-refractivity contribution in [2.24, 2.45) is 0 Å². The molecule has 1 saturated carbocycles. The predicted molar refractivity (Wildman–Crippen MR) is 124 cm³/mol. The van der Waals surface area contributed by atoms with E-state index in [0.29, 0.717) is 10.8 Å². The Kier molecular flexibility index (Phi) is 7.82. The van der Waals surface area contributed by atoms with Crippen LogP contribution in [-0.4, -0.2) is 67.8 Å². The molecule has 178 valence electrons. The number of benzene rings is 1. The molecule has 0 atom stereocenters. The monoisotopic (exact) mass is 464 g/mol. The summed E-state index contributed by atoms with van der Waals surface area (Å²) in [6.07, 6.45) is 6.12. The number of amides is 3. The lowest BCUT2D eigenvalue weighted by Crippen LogP contribution is -2.54. The maximum atomic E-state index is 13.1. The van der Waals surface area contributed by atoms with Crippen LogP contribution >= 0.6 is 0 Å². The van der Waals surface area contributed by atoms with Crippen molar-refractivity contribution in [1.29, 1.82) is 0 Å². The van der Waals surface area contributed by atoms with E-state index in [4.69, 9.17) is 0 Å². The van der Waals surface area contributed by atoms with E-state index in [1.54, 1.807) is 17.0 Å². The van der Waals surface area contributed by atoms with E-state index >= 15 is 0 Å². The smallest absolute Gasteiger partial charge is 0.317 e. The van der Waals surface area contributed by atoms with Gasteiger partial charge in [-0.3, -0.25) is 4.79 Å². The highest BCUT2D eigenvalue weighted by Gasteiger charge is 2.30. The van der Waals surface area contributed by atoms with Crippen molar-refractivity contribution in [2.75, 3.05) is 32.7 Å². The van der Waals surface area contributed by atoms with Gasteiger partial charge < -0.3 is 15.5 Å². The first-order valence-electron chi connectivity index (χ1n) is 11.5. The Morgan fingerprint density at radius 1 is 0.969 bits per heavy atom. The molecule has 8 nitrogen and oxygen atoms in total. The summed E-state index contributed by atoms with van der Waals surface area (Å²) in [5.41, 5.74) is 0.858. The minimum Gasteiger partial charge on any atom is -0.350 e. The van der Waals surface area contributed by atoms with Gasteiger partial charge in [0.05, 0.1) is 11.4 Å². The zero-order chi connectivity index (χ0) is 23.4. The molecule has 3 amide bonds. The van der Waals surface area contributed by atoms with Crippen molar-refractivity contribution in [3.63, 3.8) is 0 Å². The number of sulfonamides is 1. The molecule has 1 heterocycles. The lowest BCUT2D eigenvalue weighted by molar-refractivity contribution is -0.121. The number of carbonyl (C=O) groups is 2. The van der Waals surface area contributed by atoms with Crippen molar-refractivity contribution < 1.29 is 18.0 Å². The summed E-state index contributed by atoms with van der Waals surface area (Å²) in [4.78, 5) is 26.1. The van der Waals surface area contributed by atoms with Crippen LogP contribution in [0.1, 0.15) is 64.4 Å². The van der Waals surface area contributed by atoms with Crippen LogP contribution in [0, 0.1) is 0 Å².